The van der Waals surface area contributed by atoms with E-state index in [2.05, 4.69) is 4.98 Å². The molecule has 9 heteroatoms. The van der Waals surface area contributed by atoms with E-state index in [4.69, 9.17) is 16.3 Å². The smallest absolute Gasteiger partial charge is 0.417 e. The van der Waals surface area contributed by atoms with Gasteiger partial charge in [-0.3, -0.25) is 0 Å². The minimum Gasteiger partial charge on any atom is -0.477 e. The van der Waals surface area contributed by atoms with Gasteiger partial charge in [0, 0.05) is 5.56 Å². The van der Waals surface area contributed by atoms with Crippen LogP contribution < -0.4 is 4.74 Å². The van der Waals surface area contributed by atoms with E-state index in [9.17, 15) is 27.5 Å². The molecule has 2 rings (SSSR count). The van der Waals surface area contributed by atoms with Crippen molar-refractivity contribution in [3.63, 3.8) is 0 Å². The number of carbonyl (C=O) groups is 1. The van der Waals surface area contributed by atoms with Crippen LogP contribution in [0.1, 0.15) is 43.1 Å². The standard InChI is InChI=1S/C19H18ClF4NO3/c1-18(2,3)6-7-28-16-15(17(26)27)11(19(22,23)24)9-14(25-16)10-4-5-12(20)13(21)8-10/h4-5,8-9H,6-7H2,1-3H3,(H,26,27). The lowest BCUT2D eigenvalue weighted by Crippen LogP contribution is -2.18. The van der Waals surface area contributed by atoms with Crippen molar-refractivity contribution < 1.29 is 32.2 Å². The van der Waals surface area contributed by atoms with Crippen LogP contribution >= 0.6 is 11.6 Å². The molecule has 0 fully saturated rings. The van der Waals surface area contributed by atoms with Gasteiger partial charge in [-0.1, -0.05) is 38.4 Å². The summed E-state index contributed by atoms with van der Waals surface area (Å²) in [7, 11) is 0. The Morgan fingerprint density at radius 2 is 1.86 bits per heavy atom. The first kappa shape index (κ1) is 21.9. The third kappa shape index (κ3) is 5.34. The minimum absolute atomic E-state index is 0.00464. The van der Waals surface area contributed by atoms with Crippen molar-refractivity contribution in [2.45, 2.75) is 33.4 Å². The van der Waals surface area contributed by atoms with Gasteiger partial charge in [0.2, 0.25) is 5.88 Å². The summed E-state index contributed by atoms with van der Waals surface area (Å²) in [6.45, 7) is 5.66. The molecule has 1 N–H and O–H groups in total. The Labute approximate surface area is 164 Å². The molecule has 0 atom stereocenters. The van der Waals surface area contributed by atoms with Crippen LogP contribution in [0.25, 0.3) is 11.3 Å². The molecule has 28 heavy (non-hydrogen) atoms. The van der Waals surface area contributed by atoms with Gasteiger partial charge < -0.3 is 9.84 Å². The van der Waals surface area contributed by atoms with Gasteiger partial charge in [-0.25, -0.2) is 14.2 Å². The van der Waals surface area contributed by atoms with Crippen LogP contribution in [0, 0.1) is 11.2 Å². The third-order valence-corrected chi connectivity index (χ3v) is 4.12. The summed E-state index contributed by atoms with van der Waals surface area (Å²) in [4.78, 5) is 15.4. The maximum atomic E-state index is 13.7. The van der Waals surface area contributed by atoms with E-state index >= 15 is 0 Å². The van der Waals surface area contributed by atoms with E-state index in [-0.39, 0.29) is 28.3 Å². The number of ether oxygens (including phenoxy) is 1. The van der Waals surface area contributed by atoms with Gasteiger partial charge in [0.1, 0.15) is 11.4 Å². The summed E-state index contributed by atoms with van der Waals surface area (Å²) < 4.78 is 59.5. The van der Waals surface area contributed by atoms with Crippen LogP contribution in [0.2, 0.25) is 5.02 Å². The summed E-state index contributed by atoms with van der Waals surface area (Å²) in [6, 6.07) is 3.94. The largest absolute Gasteiger partial charge is 0.477 e. The van der Waals surface area contributed by atoms with E-state index in [1.54, 1.807) is 0 Å². The van der Waals surface area contributed by atoms with E-state index in [0.29, 0.717) is 12.5 Å². The molecule has 0 aliphatic carbocycles. The molecule has 2 aromatic rings. The average Bonchev–Trinajstić information content (AvgIpc) is 2.54. The highest BCUT2D eigenvalue weighted by atomic mass is 35.5. The maximum Gasteiger partial charge on any atom is 0.417 e. The van der Waals surface area contributed by atoms with Crippen molar-refractivity contribution >= 4 is 17.6 Å². The number of aromatic carboxylic acids is 1. The fourth-order valence-corrected chi connectivity index (χ4v) is 2.43. The second kappa shape index (κ2) is 7.95. The third-order valence-electron chi connectivity index (χ3n) is 3.81. The summed E-state index contributed by atoms with van der Waals surface area (Å²) >= 11 is 5.60. The molecular formula is C19H18ClF4NO3. The SMILES string of the molecule is CC(C)(C)CCOc1nc(-c2ccc(Cl)c(F)c2)cc(C(F)(F)F)c1C(=O)O. The zero-order valence-electron chi connectivity index (χ0n) is 15.3. The molecule has 0 radical (unpaired) electrons. The van der Waals surface area contributed by atoms with Crippen molar-refractivity contribution in [3.8, 4) is 17.1 Å². The Morgan fingerprint density at radius 1 is 1.21 bits per heavy atom. The molecule has 0 bridgehead atoms. The number of benzene rings is 1. The van der Waals surface area contributed by atoms with Crippen LogP contribution in [0.4, 0.5) is 17.6 Å². The molecule has 0 saturated carbocycles. The van der Waals surface area contributed by atoms with Gasteiger partial charge >= 0.3 is 12.1 Å². The number of rotatable bonds is 5. The molecule has 1 heterocycles. The van der Waals surface area contributed by atoms with Gasteiger partial charge in [0.05, 0.1) is 22.9 Å². The number of hydrogen-bond donors (Lipinski definition) is 1. The first-order chi connectivity index (χ1) is 12.8. The molecule has 0 amide bonds. The lowest BCUT2D eigenvalue weighted by molar-refractivity contribution is -0.138. The van der Waals surface area contributed by atoms with Crippen molar-refractivity contribution in [1.82, 2.24) is 4.98 Å². The summed E-state index contributed by atoms with van der Waals surface area (Å²) in [5, 5.41) is 9.11. The first-order valence-electron chi connectivity index (χ1n) is 8.23. The van der Waals surface area contributed by atoms with E-state index in [0.717, 1.165) is 6.07 Å². The van der Waals surface area contributed by atoms with Gasteiger partial charge in [-0.05, 0) is 30.0 Å². The van der Waals surface area contributed by atoms with Crippen LogP contribution in [-0.2, 0) is 6.18 Å². The number of nitrogens with zero attached hydrogens (tertiary/aromatic N) is 1. The highest BCUT2D eigenvalue weighted by Gasteiger charge is 2.39. The van der Waals surface area contributed by atoms with Crippen molar-refractivity contribution in [1.29, 1.82) is 0 Å². The molecule has 0 aliphatic heterocycles. The lowest BCUT2D eigenvalue weighted by Gasteiger charge is -2.20. The Balaban J connectivity index is 2.62. The van der Waals surface area contributed by atoms with Crippen molar-refractivity contribution in [3.05, 3.63) is 46.2 Å². The minimum atomic E-state index is -4.97. The quantitative estimate of drug-likeness (QED) is 0.597. The van der Waals surface area contributed by atoms with Crippen molar-refractivity contribution in [2.75, 3.05) is 6.61 Å². The predicted octanol–water partition coefficient (Wildman–Crippen LogP) is 6.07. The van der Waals surface area contributed by atoms with Crippen LogP contribution in [0.3, 0.4) is 0 Å². The van der Waals surface area contributed by atoms with E-state index in [1.807, 2.05) is 20.8 Å². The van der Waals surface area contributed by atoms with Gasteiger partial charge in [-0.2, -0.15) is 13.2 Å². The normalized spacial score (nSPS) is 12.1. The fraction of sp³-hybridized carbons (Fsp3) is 0.368. The van der Waals surface area contributed by atoms with Crippen LogP contribution in [-0.4, -0.2) is 22.7 Å². The lowest BCUT2D eigenvalue weighted by atomic mass is 9.93. The predicted molar refractivity (Wildman–Crippen MR) is 96.2 cm³/mol. The molecule has 1 aromatic heterocycles. The highest BCUT2D eigenvalue weighted by molar-refractivity contribution is 6.30. The van der Waals surface area contributed by atoms with Crippen LogP contribution in [0.5, 0.6) is 5.88 Å². The Kier molecular flexibility index (Phi) is 6.23. The molecule has 1 aromatic carbocycles. The van der Waals surface area contributed by atoms with E-state index < -0.39 is 35.0 Å². The topological polar surface area (TPSA) is 59.4 Å². The molecular weight excluding hydrogens is 402 g/mol. The number of hydrogen-bond acceptors (Lipinski definition) is 3. The molecule has 0 unspecified atom stereocenters. The number of alkyl halides is 3. The molecule has 0 aliphatic rings. The highest BCUT2D eigenvalue weighted by Crippen LogP contribution is 2.38. The average molecular weight is 420 g/mol. The Bertz CT molecular complexity index is 892. The molecule has 4 nitrogen and oxygen atoms in total. The number of aromatic nitrogens is 1. The van der Waals surface area contributed by atoms with Gasteiger partial charge in [-0.15, -0.1) is 0 Å². The number of carboxylic acid groups (broad SMARTS) is 1. The van der Waals surface area contributed by atoms with Crippen LogP contribution in [0.15, 0.2) is 24.3 Å². The number of carboxylic acids is 1. The zero-order chi connectivity index (χ0) is 21.3. The second-order valence-corrected chi connectivity index (χ2v) is 7.73. The second-order valence-electron chi connectivity index (χ2n) is 7.33. The van der Waals surface area contributed by atoms with Gasteiger partial charge in [0.15, 0.2) is 0 Å². The van der Waals surface area contributed by atoms with Crippen molar-refractivity contribution in [2.24, 2.45) is 5.41 Å². The maximum absolute atomic E-state index is 13.7. The number of halogens is 5. The monoisotopic (exact) mass is 419 g/mol. The number of pyridine rings is 1. The van der Waals surface area contributed by atoms with E-state index in [1.165, 1.54) is 12.1 Å². The van der Waals surface area contributed by atoms with Gasteiger partial charge in [0.25, 0.3) is 0 Å². The molecule has 152 valence electrons. The first-order valence-corrected chi connectivity index (χ1v) is 8.61. The molecule has 0 saturated heterocycles. The Morgan fingerprint density at radius 3 is 2.36 bits per heavy atom. The summed E-state index contributed by atoms with van der Waals surface area (Å²) in [5.74, 6) is -3.33. The fourth-order valence-electron chi connectivity index (χ4n) is 2.31. The Hall–Kier alpha value is -2.35. The summed E-state index contributed by atoms with van der Waals surface area (Å²) in [6.07, 6.45) is -4.52. The zero-order valence-corrected chi connectivity index (χ0v) is 16.1. The summed E-state index contributed by atoms with van der Waals surface area (Å²) in [5.41, 5.74) is -2.97. The molecule has 0 spiro atoms.